The summed E-state index contributed by atoms with van der Waals surface area (Å²) in [6.07, 6.45) is 3.86. The Morgan fingerprint density at radius 2 is 1.82 bits per heavy atom. The van der Waals surface area contributed by atoms with Gasteiger partial charge in [0.2, 0.25) is 0 Å². The number of anilines is 1. The highest BCUT2D eigenvalue weighted by atomic mass is 35.5. The minimum Gasteiger partial charge on any atom is -0.347 e. The lowest BCUT2D eigenvalue weighted by Crippen LogP contribution is -2.32. The third-order valence-electron chi connectivity index (χ3n) is 6.65. The van der Waals surface area contributed by atoms with E-state index in [0.29, 0.717) is 30.4 Å². The first-order valence-electron chi connectivity index (χ1n) is 11.4. The van der Waals surface area contributed by atoms with Crippen LogP contribution in [0.5, 0.6) is 0 Å². The first-order valence-corrected chi connectivity index (χ1v) is 12.2. The molecule has 0 unspecified atom stereocenters. The zero-order valence-electron chi connectivity index (χ0n) is 18.7. The molecule has 2 aliphatic rings. The number of nitro groups is 1. The first kappa shape index (κ1) is 26.6. The normalized spacial score (nSPS) is 18.5. The summed E-state index contributed by atoms with van der Waals surface area (Å²) in [6.45, 7) is 4.02. The minimum atomic E-state index is -4.79. The van der Waals surface area contributed by atoms with Crippen LogP contribution < -0.4 is 10.5 Å². The van der Waals surface area contributed by atoms with Gasteiger partial charge in [-0.05, 0) is 37.9 Å². The fourth-order valence-electron chi connectivity index (χ4n) is 4.80. The third kappa shape index (κ3) is 6.17. The van der Waals surface area contributed by atoms with Crippen molar-refractivity contribution in [2.24, 2.45) is 5.92 Å². The van der Waals surface area contributed by atoms with E-state index in [-0.39, 0.29) is 22.5 Å². The summed E-state index contributed by atoms with van der Waals surface area (Å²) >= 11 is 0.916. The summed E-state index contributed by atoms with van der Waals surface area (Å²) < 4.78 is 39.4. The molecule has 4 rings (SSSR count). The van der Waals surface area contributed by atoms with Gasteiger partial charge < -0.3 is 9.80 Å². The van der Waals surface area contributed by atoms with Gasteiger partial charge in [-0.25, -0.2) is 0 Å². The van der Waals surface area contributed by atoms with Crippen LogP contribution in [-0.2, 0) is 6.18 Å². The van der Waals surface area contributed by atoms with E-state index < -0.39 is 27.9 Å². The van der Waals surface area contributed by atoms with Crippen LogP contribution >= 0.6 is 23.7 Å². The monoisotopic (exact) mass is 520 g/mol. The minimum absolute atomic E-state index is 0. The predicted octanol–water partition coefficient (Wildman–Crippen LogP) is 5.49. The number of nitro benzene ring substituents is 1. The number of hydrogen-bond donors (Lipinski definition) is 0. The molecule has 1 saturated heterocycles. The molecule has 1 saturated carbocycles. The molecule has 1 aliphatic carbocycles. The van der Waals surface area contributed by atoms with Crippen molar-refractivity contribution in [3.05, 3.63) is 38.2 Å². The van der Waals surface area contributed by atoms with Crippen molar-refractivity contribution in [3.8, 4) is 0 Å². The van der Waals surface area contributed by atoms with Crippen molar-refractivity contribution in [1.82, 2.24) is 9.88 Å². The molecule has 0 N–H and O–H groups in total. The van der Waals surface area contributed by atoms with Gasteiger partial charge in [-0.15, -0.1) is 12.4 Å². The van der Waals surface area contributed by atoms with Gasteiger partial charge in [0.25, 0.3) is 11.2 Å². The number of benzene rings is 1. The van der Waals surface area contributed by atoms with Gasteiger partial charge in [-0.3, -0.25) is 14.9 Å². The standard InChI is InChI=1S/C22H27F3N4O3S.ClH/c23-22(24,25)16-13-17-19(18(14-16)29(31)32)33-21(26-20(17)30)28-9-4-8-27(11-12-28)10-7-15-5-2-1-3-6-15;/h13-15H,1-12H2;1H. The van der Waals surface area contributed by atoms with Gasteiger partial charge in [0.1, 0.15) is 4.70 Å². The summed E-state index contributed by atoms with van der Waals surface area (Å²) in [5.74, 6) is 0.799. The smallest absolute Gasteiger partial charge is 0.347 e. The number of halogens is 4. The van der Waals surface area contributed by atoms with E-state index in [0.717, 1.165) is 43.3 Å². The Bertz CT molecular complexity index is 1080. The Kier molecular flexibility index (Phi) is 8.75. The largest absolute Gasteiger partial charge is 0.416 e. The molecular formula is C22H28ClF3N4O3S. The van der Waals surface area contributed by atoms with Gasteiger partial charge >= 0.3 is 6.18 Å². The Morgan fingerprint density at radius 3 is 2.50 bits per heavy atom. The summed E-state index contributed by atoms with van der Waals surface area (Å²) in [7, 11) is 0. The van der Waals surface area contributed by atoms with Crippen molar-refractivity contribution in [1.29, 1.82) is 0 Å². The molecule has 2 heterocycles. The maximum atomic E-state index is 13.2. The van der Waals surface area contributed by atoms with Crippen LogP contribution in [0.3, 0.4) is 0 Å². The van der Waals surface area contributed by atoms with Crippen molar-refractivity contribution >= 4 is 44.6 Å². The Labute approximate surface area is 205 Å². The van der Waals surface area contributed by atoms with E-state index in [1.807, 2.05) is 4.90 Å². The highest BCUT2D eigenvalue weighted by molar-refractivity contribution is 7.22. The van der Waals surface area contributed by atoms with E-state index in [1.54, 1.807) is 0 Å². The van der Waals surface area contributed by atoms with Crippen LogP contribution in [0.4, 0.5) is 24.0 Å². The highest BCUT2D eigenvalue weighted by Crippen LogP contribution is 2.38. The fraction of sp³-hybridized carbons (Fsp3) is 0.636. The fourth-order valence-corrected chi connectivity index (χ4v) is 5.92. The van der Waals surface area contributed by atoms with Crippen molar-refractivity contribution in [2.45, 2.75) is 51.1 Å². The highest BCUT2D eigenvalue weighted by Gasteiger charge is 2.34. The lowest BCUT2D eigenvalue weighted by Gasteiger charge is -2.26. The van der Waals surface area contributed by atoms with Gasteiger partial charge in [0.15, 0.2) is 5.13 Å². The quantitative estimate of drug-likeness (QED) is 0.383. The Balaban J connectivity index is 0.00000324. The average Bonchev–Trinajstić information content (AvgIpc) is 3.03. The molecule has 1 aromatic carbocycles. The third-order valence-corrected chi connectivity index (χ3v) is 7.82. The zero-order chi connectivity index (χ0) is 23.6. The Morgan fingerprint density at radius 1 is 1.09 bits per heavy atom. The molecule has 0 radical (unpaired) electrons. The van der Waals surface area contributed by atoms with Gasteiger partial charge in [-0.1, -0.05) is 43.4 Å². The topological polar surface area (TPSA) is 79.6 Å². The molecule has 0 spiro atoms. The number of alkyl halides is 3. The number of rotatable bonds is 5. The molecule has 12 heteroatoms. The van der Waals surface area contributed by atoms with Crippen LogP contribution in [0, 0.1) is 16.0 Å². The van der Waals surface area contributed by atoms with Crippen LogP contribution in [0.2, 0.25) is 0 Å². The molecule has 1 aromatic heterocycles. The van der Waals surface area contributed by atoms with E-state index in [9.17, 15) is 28.1 Å². The summed E-state index contributed by atoms with van der Waals surface area (Å²) in [5.41, 5.74) is -2.80. The molecule has 2 fully saturated rings. The number of hydrogen-bond acceptors (Lipinski definition) is 7. The lowest BCUT2D eigenvalue weighted by atomic mass is 9.87. The summed E-state index contributed by atoms with van der Waals surface area (Å²) in [5, 5.41) is 11.5. The second kappa shape index (κ2) is 11.2. The number of nitrogens with zero attached hydrogens (tertiary/aromatic N) is 4. The van der Waals surface area contributed by atoms with Crippen molar-refractivity contribution < 1.29 is 18.1 Å². The second-order valence-electron chi connectivity index (χ2n) is 8.90. The molecule has 1 aliphatic heterocycles. The molecule has 34 heavy (non-hydrogen) atoms. The maximum Gasteiger partial charge on any atom is 0.416 e. The molecule has 7 nitrogen and oxygen atoms in total. The summed E-state index contributed by atoms with van der Waals surface area (Å²) in [4.78, 5) is 31.6. The molecule has 0 amide bonds. The van der Waals surface area contributed by atoms with Gasteiger partial charge in [-0.2, -0.15) is 18.2 Å². The maximum absolute atomic E-state index is 13.2. The van der Waals surface area contributed by atoms with E-state index in [1.165, 1.54) is 38.5 Å². The summed E-state index contributed by atoms with van der Waals surface area (Å²) in [6, 6.07) is 1.16. The van der Waals surface area contributed by atoms with Crippen LogP contribution in [0.15, 0.2) is 16.9 Å². The van der Waals surface area contributed by atoms with E-state index in [4.69, 9.17) is 0 Å². The molecule has 188 valence electrons. The number of non-ortho nitro benzene ring substituents is 1. The van der Waals surface area contributed by atoms with Gasteiger partial charge in [0, 0.05) is 25.7 Å². The molecule has 2 aromatic rings. The van der Waals surface area contributed by atoms with Crippen molar-refractivity contribution in [2.75, 3.05) is 37.6 Å². The predicted molar refractivity (Wildman–Crippen MR) is 129 cm³/mol. The number of fused-ring (bicyclic) bond motifs is 1. The number of aromatic nitrogens is 1. The second-order valence-corrected chi connectivity index (χ2v) is 9.88. The van der Waals surface area contributed by atoms with E-state index in [2.05, 4.69) is 9.88 Å². The van der Waals surface area contributed by atoms with E-state index >= 15 is 0 Å². The first-order chi connectivity index (χ1) is 15.7. The van der Waals surface area contributed by atoms with Gasteiger partial charge in [0.05, 0.1) is 15.9 Å². The lowest BCUT2D eigenvalue weighted by molar-refractivity contribution is -0.383. The Hall–Kier alpha value is -1.98. The zero-order valence-corrected chi connectivity index (χ0v) is 20.3. The van der Waals surface area contributed by atoms with Crippen LogP contribution in [-0.4, -0.2) is 47.5 Å². The molecule has 0 atom stereocenters. The average molecular weight is 521 g/mol. The molecular weight excluding hydrogens is 493 g/mol. The van der Waals surface area contributed by atoms with Crippen LogP contribution in [0.25, 0.3) is 10.1 Å². The SMILES string of the molecule is Cl.O=c1nc(N2CCCN(CCC3CCCCC3)CC2)sc2c([N+](=O)[O-])cc(C(F)(F)F)cc12. The van der Waals surface area contributed by atoms with Crippen molar-refractivity contribution in [3.63, 3.8) is 0 Å². The molecule has 0 bridgehead atoms. The van der Waals surface area contributed by atoms with Crippen LogP contribution in [0.1, 0.15) is 50.5 Å².